The second-order valence-electron chi connectivity index (χ2n) is 1.93. The molecule has 0 aliphatic heterocycles. The third kappa shape index (κ3) is 2.34. The van der Waals surface area contributed by atoms with E-state index < -0.39 is 0 Å². The largest absolute Gasteiger partial charge is 0.245 e. The summed E-state index contributed by atoms with van der Waals surface area (Å²) < 4.78 is 1.59. The Morgan fingerprint density at radius 3 is 2.50 bits per heavy atom. The molecule has 1 rings (SSSR count). The summed E-state index contributed by atoms with van der Waals surface area (Å²) in [4.78, 5) is 3.74. The van der Waals surface area contributed by atoms with Crippen LogP contribution in [0.4, 0.5) is 5.82 Å². The van der Waals surface area contributed by atoms with Crippen LogP contribution in [0.1, 0.15) is 19.5 Å². The molecule has 0 aliphatic rings. The van der Waals surface area contributed by atoms with Crippen LogP contribution in [0.5, 0.6) is 0 Å². The highest BCUT2D eigenvalue weighted by Crippen LogP contribution is 2.12. The molecule has 12 heavy (non-hydrogen) atoms. The Morgan fingerprint density at radius 1 is 1.58 bits per heavy atom. The highest BCUT2D eigenvalue weighted by Gasteiger charge is 1.97. The van der Waals surface area contributed by atoms with Crippen molar-refractivity contribution >= 4 is 18.7 Å². The van der Waals surface area contributed by atoms with Crippen LogP contribution >= 0.6 is 0 Å². The normalized spacial score (nSPS) is 8.25. The van der Waals surface area contributed by atoms with E-state index in [4.69, 9.17) is 0 Å². The van der Waals surface area contributed by atoms with Crippen LogP contribution in [0.15, 0.2) is 17.6 Å². The highest BCUT2D eigenvalue weighted by atomic mass is 15.3. The zero-order chi connectivity index (χ0) is 9.56. The van der Waals surface area contributed by atoms with E-state index in [2.05, 4.69) is 23.4 Å². The van der Waals surface area contributed by atoms with Gasteiger partial charge in [0.2, 0.25) is 0 Å². The lowest BCUT2D eigenvalue weighted by atomic mass is 10.5. The summed E-state index contributed by atoms with van der Waals surface area (Å²) in [6, 6.07) is 1.84. The van der Waals surface area contributed by atoms with Gasteiger partial charge in [-0.2, -0.15) is 5.10 Å². The minimum atomic E-state index is 0.729. The molecule has 0 fully saturated rings. The number of aliphatic imine (C=N–C) groups is 1. The maximum Gasteiger partial charge on any atom is 0.154 e. The first-order valence-electron chi connectivity index (χ1n) is 3.93. The van der Waals surface area contributed by atoms with E-state index in [1.165, 1.54) is 0 Å². The first-order chi connectivity index (χ1) is 5.77. The van der Waals surface area contributed by atoms with E-state index in [-0.39, 0.29) is 0 Å². The van der Waals surface area contributed by atoms with Crippen molar-refractivity contribution in [1.29, 1.82) is 0 Å². The second-order valence-corrected chi connectivity index (χ2v) is 1.93. The van der Waals surface area contributed by atoms with Crippen molar-refractivity contribution in [2.75, 3.05) is 0 Å². The van der Waals surface area contributed by atoms with Gasteiger partial charge in [0.1, 0.15) is 0 Å². The highest BCUT2D eigenvalue weighted by molar-refractivity contribution is 5.44. The van der Waals surface area contributed by atoms with Gasteiger partial charge in [-0.05, 0) is 13.6 Å². The maximum absolute atomic E-state index is 4.06. The van der Waals surface area contributed by atoms with Crippen molar-refractivity contribution in [2.24, 2.45) is 4.99 Å². The first-order valence-corrected chi connectivity index (χ1v) is 3.93. The average Bonchev–Trinajstić information content (AvgIpc) is 2.49. The molecule has 1 aromatic rings. The van der Waals surface area contributed by atoms with Crippen LogP contribution in [-0.2, 0) is 0 Å². The van der Waals surface area contributed by atoms with Gasteiger partial charge in [-0.3, -0.25) is 0 Å². The minimum Gasteiger partial charge on any atom is -0.245 e. The molecule has 0 spiro atoms. The fourth-order valence-corrected chi connectivity index (χ4v) is 0.755. The van der Waals surface area contributed by atoms with Crippen LogP contribution in [0, 0.1) is 6.92 Å². The number of hydrogen-bond acceptors (Lipinski definition) is 2. The molecule has 0 aliphatic carbocycles. The zero-order valence-electron chi connectivity index (χ0n) is 7.91. The quantitative estimate of drug-likeness (QED) is 0.619. The first kappa shape index (κ1) is 10.6. The Morgan fingerprint density at radius 2 is 2.17 bits per heavy atom. The molecule has 3 nitrogen and oxygen atoms in total. The molecule has 0 saturated heterocycles. The van der Waals surface area contributed by atoms with Crippen LogP contribution in [0.3, 0.4) is 0 Å². The van der Waals surface area contributed by atoms with Crippen molar-refractivity contribution in [2.45, 2.75) is 20.8 Å². The van der Waals surface area contributed by atoms with Gasteiger partial charge in [0.05, 0.1) is 5.69 Å². The van der Waals surface area contributed by atoms with Crippen molar-refractivity contribution in [1.82, 2.24) is 9.78 Å². The van der Waals surface area contributed by atoms with Gasteiger partial charge >= 0.3 is 0 Å². The number of aromatic nitrogens is 2. The van der Waals surface area contributed by atoms with Crippen LogP contribution < -0.4 is 0 Å². The summed E-state index contributed by atoms with van der Waals surface area (Å²) in [5.41, 5.74) is 0.919. The molecule has 0 unspecified atom stereocenters. The van der Waals surface area contributed by atoms with Crippen molar-refractivity contribution < 1.29 is 0 Å². The number of rotatable bonds is 2. The summed E-state index contributed by atoms with van der Waals surface area (Å²) in [7, 11) is 0. The molecule has 3 heteroatoms. The Kier molecular flexibility index (Phi) is 4.69. The summed E-state index contributed by atoms with van der Waals surface area (Å²) >= 11 is 0. The average molecular weight is 165 g/mol. The van der Waals surface area contributed by atoms with Crippen molar-refractivity contribution in [3.05, 3.63) is 18.3 Å². The molecular formula is C9H15N3. The van der Waals surface area contributed by atoms with E-state index in [9.17, 15) is 0 Å². The predicted molar refractivity (Wildman–Crippen MR) is 53.9 cm³/mol. The van der Waals surface area contributed by atoms with Crippen LogP contribution in [0.25, 0.3) is 6.20 Å². The van der Waals surface area contributed by atoms with Gasteiger partial charge in [-0.1, -0.05) is 20.4 Å². The van der Waals surface area contributed by atoms with E-state index in [0.717, 1.165) is 11.5 Å². The molecule has 1 aromatic heterocycles. The lowest BCUT2D eigenvalue weighted by Gasteiger charge is -1.90. The fraction of sp³-hybridized carbons (Fsp3) is 0.333. The number of nitrogens with zero attached hydrogens (tertiary/aromatic N) is 3. The standard InChI is InChI=1S/C7H9N3.C2H6/c1-4-10-7(8-3)5-6(2)9-10;1-2/h4-5H,1,3H2,2H3;1-2H3. The van der Waals surface area contributed by atoms with E-state index in [0.29, 0.717) is 0 Å². The molecule has 0 radical (unpaired) electrons. The van der Waals surface area contributed by atoms with Gasteiger partial charge in [-0.15, -0.1) is 0 Å². The monoisotopic (exact) mass is 165 g/mol. The molecule has 66 valence electrons. The fourth-order valence-electron chi connectivity index (χ4n) is 0.755. The number of hydrogen-bond donors (Lipinski definition) is 0. The van der Waals surface area contributed by atoms with Crippen LogP contribution in [0.2, 0.25) is 0 Å². The lowest BCUT2D eigenvalue weighted by molar-refractivity contribution is 0.913. The van der Waals surface area contributed by atoms with Gasteiger partial charge in [0.15, 0.2) is 5.82 Å². The Balaban J connectivity index is 0.000000561. The molecule has 0 atom stereocenters. The topological polar surface area (TPSA) is 30.2 Å². The molecule has 0 aromatic carbocycles. The summed E-state index contributed by atoms with van der Waals surface area (Å²) in [5.74, 6) is 0.729. The Hall–Kier alpha value is -1.38. The Bertz CT molecular complexity index is 235. The minimum absolute atomic E-state index is 0.729. The van der Waals surface area contributed by atoms with Gasteiger partial charge in [0.25, 0.3) is 0 Å². The van der Waals surface area contributed by atoms with Gasteiger partial charge in [-0.25, -0.2) is 9.67 Å². The second kappa shape index (κ2) is 5.29. The van der Waals surface area contributed by atoms with Gasteiger partial charge < -0.3 is 0 Å². The maximum atomic E-state index is 4.06. The van der Waals surface area contributed by atoms with E-state index in [1.807, 2.05) is 26.8 Å². The third-order valence-electron chi connectivity index (χ3n) is 1.17. The molecule has 0 amide bonds. The van der Waals surface area contributed by atoms with E-state index >= 15 is 0 Å². The predicted octanol–water partition coefficient (Wildman–Crippen LogP) is 2.65. The number of aryl methyl sites for hydroxylation is 1. The Labute approximate surface area is 73.4 Å². The zero-order valence-corrected chi connectivity index (χ0v) is 7.91. The van der Waals surface area contributed by atoms with Crippen molar-refractivity contribution in [3.8, 4) is 0 Å². The summed E-state index contributed by atoms with van der Waals surface area (Å²) in [6.45, 7) is 12.9. The molecule has 0 bridgehead atoms. The molecular weight excluding hydrogens is 150 g/mol. The summed E-state index contributed by atoms with van der Waals surface area (Å²) in [5, 5.41) is 4.06. The smallest absolute Gasteiger partial charge is 0.154 e. The summed E-state index contributed by atoms with van der Waals surface area (Å²) in [6.07, 6.45) is 1.59. The van der Waals surface area contributed by atoms with Crippen molar-refractivity contribution in [3.63, 3.8) is 0 Å². The van der Waals surface area contributed by atoms with E-state index in [1.54, 1.807) is 10.9 Å². The third-order valence-corrected chi connectivity index (χ3v) is 1.17. The van der Waals surface area contributed by atoms with Crippen LogP contribution in [-0.4, -0.2) is 16.5 Å². The molecule has 0 N–H and O–H groups in total. The SMILES string of the molecule is C=Cn1nc(C)cc1N=C.CC. The molecule has 1 heterocycles. The lowest BCUT2D eigenvalue weighted by Crippen LogP contribution is -1.86. The molecule has 0 saturated carbocycles. The van der Waals surface area contributed by atoms with Gasteiger partial charge in [0, 0.05) is 12.3 Å².